The van der Waals surface area contributed by atoms with Crippen LogP contribution in [0.2, 0.25) is 0 Å². The molecule has 2 N–H and O–H groups in total. The molecule has 0 saturated carbocycles. The lowest BCUT2D eigenvalue weighted by Crippen LogP contribution is -2.54. The number of anilines is 1. The Hall–Kier alpha value is -3.62. The fraction of sp³-hybridized carbons (Fsp3) is 0.250. The topological polar surface area (TPSA) is 95.9 Å². The number of aliphatic carboxylic acids is 1. The van der Waals surface area contributed by atoms with Crippen molar-refractivity contribution >= 4 is 35.3 Å². The molecule has 8 heteroatoms. The molecule has 4 rings (SSSR count). The second kappa shape index (κ2) is 12.4. The van der Waals surface area contributed by atoms with Crippen LogP contribution in [-0.4, -0.2) is 47.3 Å². The molecule has 7 nitrogen and oxygen atoms in total. The van der Waals surface area contributed by atoms with Gasteiger partial charge in [-0.1, -0.05) is 72.8 Å². The molecular weight excluding hydrogens is 476 g/mol. The molecule has 1 amide bonds. The molecule has 0 spiro atoms. The Morgan fingerprint density at radius 3 is 2.31 bits per heavy atom. The molecule has 2 atom stereocenters. The zero-order chi connectivity index (χ0) is 25.3. The van der Waals surface area contributed by atoms with Gasteiger partial charge in [-0.25, -0.2) is 0 Å². The number of para-hydroxylation sites is 1. The number of hydrogen-bond donors (Lipinski definition) is 2. The van der Waals surface area contributed by atoms with Crippen molar-refractivity contribution < 1.29 is 24.2 Å². The van der Waals surface area contributed by atoms with Crippen LogP contribution in [0.4, 0.5) is 5.69 Å². The zero-order valence-corrected chi connectivity index (χ0v) is 20.5. The minimum absolute atomic E-state index is 0.132. The van der Waals surface area contributed by atoms with E-state index in [-0.39, 0.29) is 12.5 Å². The molecule has 0 unspecified atom stereocenters. The monoisotopic (exact) mass is 504 g/mol. The number of ether oxygens (including phenoxy) is 1. The van der Waals surface area contributed by atoms with Crippen molar-refractivity contribution in [1.29, 1.82) is 0 Å². The van der Waals surface area contributed by atoms with Gasteiger partial charge in [0.15, 0.2) is 0 Å². The lowest BCUT2D eigenvalue weighted by Gasteiger charge is -2.27. The summed E-state index contributed by atoms with van der Waals surface area (Å²) in [5.41, 5.74) is 2.50. The summed E-state index contributed by atoms with van der Waals surface area (Å²) in [7, 11) is 0. The van der Waals surface area contributed by atoms with Crippen LogP contribution >= 0.6 is 11.8 Å². The summed E-state index contributed by atoms with van der Waals surface area (Å²) in [6.45, 7) is -0.325. The van der Waals surface area contributed by atoms with E-state index < -0.39 is 30.6 Å². The minimum Gasteiger partial charge on any atom is -0.480 e. The summed E-state index contributed by atoms with van der Waals surface area (Å²) in [6, 6.07) is 25.0. The fourth-order valence-electron chi connectivity index (χ4n) is 4.07. The van der Waals surface area contributed by atoms with E-state index in [1.165, 1.54) is 16.7 Å². The summed E-state index contributed by atoms with van der Waals surface area (Å²) in [6.07, 6.45) is 1.05. The molecule has 1 heterocycles. The third-order valence-electron chi connectivity index (χ3n) is 5.89. The van der Waals surface area contributed by atoms with E-state index in [9.17, 15) is 19.5 Å². The second-order valence-corrected chi connectivity index (χ2v) is 9.55. The van der Waals surface area contributed by atoms with Gasteiger partial charge in [0.25, 0.3) is 0 Å². The van der Waals surface area contributed by atoms with Gasteiger partial charge in [-0.15, -0.1) is 11.8 Å². The molecule has 36 heavy (non-hydrogen) atoms. The van der Waals surface area contributed by atoms with Gasteiger partial charge in [0, 0.05) is 10.6 Å². The highest BCUT2D eigenvalue weighted by molar-refractivity contribution is 7.99. The molecule has 1 aliphatic rings. The first kappa shape index (κ1) is 25.5. The highest BCUT2D eigenvalue weighted by Gasteiger charge is 2.35. The van der Waals surface area contributed by atoms with Crippen molar-refractivity contribution in [1.82, 2.24) is 5.32 Å². The van der Waals surface area contributed by atoms with Gasteiger partial charge in [0.1, 0.15) is 19.2 Å². The van der Waals surface area contributed by atoms with Crippen molar-refractivity contribution in [3.05, 3.63) is 96.1 Å². The minimum atomic E-state index is -1.10. The first-order valence-electron chi connectivity index (χ1n) is 11.8. The van der Waals surface area contributed by atoms with Gasteiger partial charge in [-0.2, -0.15) is 0 Å². The summed E-state index contributed by atoms with van der Waals surface area (Å²) in [4.78, 5) is 40.3. The molecule has 1 aliphatic heterocycles. The van der Waals surface area contributed by atoms with Crippen LogP contribution in [-0.2, 0) is 32.1 Å². The summed E-state index contributed by atoms with van der Waals surface area (Å²) < 4.78 is 5.61. The van der Waals surface area contributed by atoms with Crippen molar-refractivity contribution in [2.24, 2.45) is 0 Å². The van der Waals surface area contributed by atoms with Gasteiger partial charge >= 0.3 is 11.9 Å². The number of carboxylic acid groups (broad SMARTS) is 1. The van der Waals surface area contributed by atoms with Crippen molar-refractivity contribution in [3.63, 3.8) is 0 Å². The molecular formula is C28H28N2O5S. The van der Waals surface area contributed by atoms with Crippen LogP contribution in [0.25, 0.3) is 0 Å². The van der Waals surface area contributed by atoms with Gasteiger partial charge in [0.2, 0.25) is 5.91 Å². The smallest absolute Gasteiger partial charge is 0.323 e. The third-order valence-corrected chi connectivity index (χ3v) is 7.05. The number of hydrogen-bond acceptors (Lipinski definition) is 6. The highest BCUT2D eigenvalue weighted by atomic mass is 32.2. The molecule has 3 aromatic carbocycles. The highest BCUT2D eigenvalue weighted by Crippen LogP contribution is 2.34. The van der Waals surface area contributed by atoms with E-state index in [4.69, 9.17) is 4.74 Å². The molecule has 3 aromatic rings. The van der Waals surface area contributed by atoms with Crippen LogP contribution in [0.5, 0.6) is 0 Å². The van der Waals surface area contributed by atoms with Gasteiger partial charge in [0.05, 0.1) is 11.7 Å². The fourth-order valence-corrected chi connectivity index (χ4v) is 5.15. The Kier molecular flexibility index (Phi) is 8.76. The number of carboxylic acids is 1. The number of amides is 1. The number of thioether (sulfide) groups is 1. The van der Waals surface area contributed by atoms with Crippen LogP contribution in [0.1, 0.15) is 17.5 Å². The van der Waals surface area contributed by atoms with Gasteiger partial charge in [-0.05, 0) is 36.1 Å². The summed E-state index contributed by atoms with van der Waals surface area (Å²) in [5, 5.41) is 12.7. The van der Waals surface area contributed by atoms with Crippen molar-refractivity contribution in [2.75, 3.05) is 17.2 Å². The molecule has 0 fully saturated rings. The number of esters is 1. The van der Waals surface area contributed by atoms with Crippen molar-refractivity contribution in [2.45, 2.75) is 36.4 Å². The summed E-state index contributed by atoms with van der Waals surface area (Å²) >= 11 is 1.46. The zero-order valence-electron chi connectivity index (χ0n) is 19.7. The predicted octanol–water partition coefficient (Wildman–Crippen LogP) is 3.91. The quantitative estimate of drug-likeness (QED) is 0.404. The number of aryl methyl sites for hydroxylation is 1. The molecule has 0 aromatic heterocycles. The Labute approximate surface area is 214 Å². The third kappa shape index (κ3) is 6.74. The average molecular weight is 505 g/mol. The Bertz CT molecular complexity index is 1190. The van der Waals surface area contributed by atoms with Crippen LogP contribution in [0.15, 0.2) is 89.8 Å². The number of benzene rings is 3. The van der Waals surface area contributed by atoms with E-state index in [2.05, 4.69) is 5.32 Å². The number of rotatable bonds is 10. The van der Waals surface area contributed by atoms with E-state index in [0.29, 0.717) is 24.3 Å². The lowest BCUT2D eigenvalue weighted by molar-refractivity contribution is -0.148. The molecule has 0 saturated heterocycles. The molecule has 0 aliphatic carbocycles. The Morgan fingerprint density at radius 1 is 0.972 bits per heavy atom. The average Bonchev–Trinajstić information content (AvgIpc) is 3.02. The van der Waals surface area contributed by atoms with E-state index in [1.807, 2.05) is 72.8 Å². The maximum absolute atomic E-state index is 13.5. The second-order valence-electron chi connectivity index (χ2n) is 8.49. The lowest BCUT2D eigenvalue weighted by atomic mass is 10.0. The SMILES string of the molecule is O=C(O)CN1C(=O)[C@@H](N[C@@H](CCc2ccccc2)C(=O)OCc2ccccc2)CSc2ccccc21. The van der Waals surface area contributed by atoms with E-state index in [0.717, 1.165) is 16.0 Å². The van der Waals surface area contributed by atoms with Crippen LogP contribution in [0, 0.1) is 0 Å². The number of carbonyl (C=O) groups excluding carboxylic acids is 2. The van der Waals surface area contributed by atoms with Gasteiger partial charge < -0.3 is 9.84 Å². The number of nitrogens with one attached hydrogen (secondary N) is 1. The summed E-state index contributed by atoms with van der Waals surface area (Å²) in [5.74, 6) is -1.57. The predicted molar refractivity (Wildman–Crippen MR) is 139 cm³/mol. The number of fused-ring (bicyclic) bond motifs is 1. The Balaban J connectivity index is 1.52. The van der Waals surface area contributed by atoms with Crippen LogP contribution in [0.3, 0.4) is 0 Å². The first-order valence-corrected chi connectivity index (χ1v) is 12.8. The maximum atomic E-state index is 13.5. The van der Waals surface area contributed by atoms with E-state index in [1.54, 1.807) is 12.1 Å². The molecule has 186 valence electrons. The maximum Gasteiger partial charge on any atom is 0.323 e. The molecule has 0 bridgehead atoms. The van der Waals surface area contributed by atoms with Crippen molar-refractivity contribution in [3.8, 4) is 0 Å². The largest absolute Gasteiger partial charge is 0.480 e. The first-order chi connectivity index (χ1) is 17.5. The van der Waals surface area contributed by atoms with E-state index >= 15 is 0 Å². The molecule has 0 radical (unpaired) electrons. The van der Waals surface area contributed by atoms with Crippen LogP contribution < -0.4 is 10.2 Å². The standard InChI is InChI=1S/C28H28N2O5S/c31-26(32)17-30-24-13-7-8-14-25(24)36-19-23(27(30)33)29-22(16-15-20-9-3-1-4-10-20)28(34)35-18-21-11-5-2-6-12-21/h1-14,22-23,29H,15-19H2,(H,31,32)/t22-,23-/m0/s1. The normalized spacial score (nSPS) is 16.1. The Morgan fingerprint density at radius 2 is 1.61 bits per heavy atom. The number of carbonyl (C=O) groups is 3. The number of nitrogens with zero attached hydrogens (tertiary/aromatic N) is 1. The van der Waals surface area contributed by atoms with Gasteiger partial charge in [-0.3, -0.25) is 24.6 Å².